The van der Waals surface area contributed by atoms with Crippen LogP contribution in [0, 0.1) is 35.3 Å². The first-order valence-corrected chi connectivity index (χ1v) is 15.6. The van der Waals surface area contributed by atoms with Crippen molar-refractivity contribution in [1.29, 1.82) is 0 Å². The minimum atomic E-state index is -0.238. The van der Waals surface area contributed by atoms with Gasteiger partial charge in [0.1, 0.15) is 11.6 Å². The van der Waals surface area contributed by atoms with Crippen molar-refractivity contribution >= 4 is 0 Å². The standard InChI is InChI=1S/C33H52F2/c1-3-5-7-9-11-13-25-15-19-30-29(21-25)23-31(34)32(33(30)35)28-18-17-26-20-24(12-10-8-6-4-2)14-16-27(26)22-28/h23-28H,3-22H2,1-2H3. The van der Waals surface area contributed by atoms with Gasteiger partial charge >= 0.3 is 0 Å². The first-order valence-electron chi connectivity index (χ1n) is 15.6. The fourth-order valence-electron chi connectivity index (χ4n) is 7.97. The van der Waals surface area contributed by atoms with E-state index >= 15 is 8.78 Å². The number of rotatable bonds is 12. The van der Waals surface area contributed by atoms with Gasteiger partial charge in [-0.2, -0.15) is 0 Å². The third-order valence-electron chi connectivity index (χ3n) is 10.1. The maximum absolute atomic E-state index is 15.8. The Morgan fingerprint density at radius 1 is 0.714 bits per heavy atom. The third-order valence-corrected chi connectivity index (χ3v) is 10.1. The highest BCUT2D eigenvalue weighted by Gasteiger charge is 2.38. The average molecular weight is 487 g/mol. The van der Waals surface area contributed by atoms with Crippen molar-refractivity contribution in [1.82, 2.24) is 0 Å². The second-order valence-corrected chi connectivity index (χ2v) is 12.6. The average Bonchev–Trinajstić information content (AvgIpc) is 2.86. The smallest absolute Gasteiger partial charge is 0.133 e. The van der Waals surface area contributed by atoms with Crippen LogP contribution >= 0.6 is 0 Å². The van der Waals surface area contributed by atoms with E-state index < -0.39 is 0 Å². The van der Waals surface area contributed by atoms with Crippen molar-refractivity contribution < 1.29 is 8.78 Å². The zero-order valence-corrected chi connectivity index (χ0v) is 22.9. The lowest BCUT2D eigenvalue weighted by Crippen LogP contribution is -2.31. The van der Waals surface area contributed by atoms with E-state index in [9.17, 15) is 0 Å². The van der Waals surface area contributed by atoms with Gasteiger partial charge in [0, 0.05) is 5.56 Å². The molecule has 0 bridgehead atoms. The Bertz CT molecular complexity index is 784. The maximum atomic E-state index is 15.8. The second-order valence-electron chi connectivity index (χ2n) is 12.6. The highest BCUT2D eigenvalue weighted by Crippen LogP contribution is 2.50. The molecule has 0 amide bonds. The van der Waals surface area contributed by atoms with Gasteiger partial charge in [-0.25, -0.2) is 8.78 Å². The van der Waals surface area contributed by atoms with Gasteiger partial charge in [0.05, 0.1) is 0 Å². The van der Waals surface area contributed by atoms with E-state index in [2.05, 4.69) is 13.8 Å². The van der Waals surface area contributed by atoms with E-state index in [0.717, 1.165) is 55.1 Å². The summed E-state index contributed by atoms with van der Waals surface area (Å²) in [5.74, 6) is 2.71. The van der Waals surface area contributed by atoms with E-state index in [0.29, 0.717) is 17.4 Å². The van der Waals surface area contributed by atoms with E-state index in [4.69, 9.17) is 0 Å². The molecule has 5 atom stereocenters. The molecule has 3 aliphatic rings. The molecule has 2 saturated carbocycles. The molecular formula is C33H52F2. The van der Waals surface area contributed by atoms with Gasteiger partial charge < -0.3 is 0 Å². The van der Waals surface area contributed by atoms with Crippen molar-refractivity contribution in [2.24, 2.45) is 23.7 Å². The van der Waals surface area contributed by atoms with Gasteiger partial charge in [-0.15, -0.1) is 0 Å². The molecule has 0 aliphatic heterocycles. The van der Waals surface area contributed by atoms with Crippen LogP contribution in [0.4, 0.5) is 8.78 Å². The van der Waals surface area contributed by atoms with Crippen LogP contribution in [-0.2, 0) is 12.8 Å². The monoisotopic (exact) mass is 486 g/mol. The summed E-state index contributed by atoms with van der Waals surface area (Å²) in [5.41, 5.74) is 2.30. The van der Waals surface area contributed by atoms with Crippen molar-refractivity contribution in [2.45, 2.75) is 148 Å². The molecular weight excluding hydrogens is 434 g/mol. The zero-order valence-electron chi connectivity index (χ0n) is 22.9. The van der Waals surface area contributed by atoms with Crippen LogP contribution in [0.3, 0.4) is 0 Å². The lowest BCUT2D eigenvalue weighted by molar-refractivity contribution is 0.111. The summed E-state index contributed by atoms with van der Waals surface area (Å²) in [6, 6.07) is 1.75. The number of halogens is 2. The van der Waals surface area contributed by atoms with Gasteiger partial charge in [-0.05, 0) is 98.1 Å². The van der Waals surface area contributed by atoms with Crippen LogP contribution in [0.25, 0.3) is 0 Å². The first kappa shape index (κ1) is 27.1. The number of fused-ring (bicyclic) bond motifs is 2. The SMILES string of the molecule is CCCCCCCC1CCc2c(cc(F)c(C3CCC4CC(CCCCCC)CCC4C3)c2F)C1. The Hall–Kier alpha value is -0.920. The lowest BCUT2D eigenvalue weighted by atomic mass is 9.63. The summed E-state index contributed by atoms with van der Waals surface area (Å²) < 4.78 is 31.2. The van der Waals surface area contributed by atoms with Crippen LogP contribution in [-0.4, -0.2) is 0 Å². The van der Waals surface area contributed by atoms with E-state index in [-0.39, 0.29) is 17.6 Å². The van der Waals surface area contributed by atoms with Gasteiger partial charge in [0.25, 0.3) is 0 Å². The number of hydrogen-bond donors (Lipinski definition) is 0. The topological polar surface area (TPSA) is 0 Å². The molecule has 4 rings (SSSR count). The zero-order chi connectivity index (χ0) is 24.6. The summed E-state index contributed by atoms with van der Waals surface area (Å²) in [6.45, 7) is 4.53. The summed E-state index contributed by atoms with van der Waals surface area (Å²) in [5, 5.41) is 0. The molecule has 0 spiro atoms. The molecule has 198 valence electrons. The Kier molecular flexibility index (Phi) is 10.5. The fourth-order valence-corrected chi connectivity index (χ4v) is 7.97. The van der Waals surface area contributed by atoms with Gasteiger partial charge in [0.2, 0.25) is 0 Å². The van der Waals surface area contributed by atoms with E-state index in [1.165, 1.54) is 96.3 Å². The van der Waals surface area contributed by atoms with Crippen LogP contribution in [0.1, 0.15) is 152 Å². The van der Waals surface area contributed by atoms with Crippen molar-refractivity contribution in [2.75, 3.05) is 0 Å². The molecule has 1 aromatic rings. The molecule has 0 heterocycles. The fraction of sp³-hybridized carbons (Fsp3) is 0.818. The molecule has 0 radical (unpaired) electrons. The quantitative estimate of drug-likeness (QED) is 0.258. The minimum Gasteiger partial charge on any atom is -0.207 e. The van der Waals surface area contributed by atoms with Crippen LogP contribution in [0.15, 0.2) is 6.07 Å². The molecule has 2 heteroatoms. The van der Waals surface area contributed by atoms with Crippen LogP contribution in [0.5, 0.6) is 0 Å². The van der Waals surface area contributed by atoms with Gasteiger partial charge in [-0.1, -0.05) is 90.9 Å². The Labute approximate surface area is 215 Å². The Balaban J connectivity index is 1.32. The Morgan fingerprint density at radius 2 is 1.37 bits per heavy atom. The second kappa shape index (κ2) is 13.6. The normalized spacial score (nSPS) is 28.5. The van der Waals surface area contributed by atoms with Gasteiger partial charge in [-0.3, -0.25) is 0 Å². The van der Waals surface area contributed by atoms with Crippen molar-refractivity contribution in [3.8, 4) is 0 Å². The van der Waals surface area contributed by atoms with Crippen LogP contribution < -0.4 is 0 Å². The molecule has 3 aliphatic carbocycles. The molecule has 1 aromatic carbocycles. The molecule has 5 unspecified atom stereocenters. The van der Waals surface area contributed by atoms with Crippen molar-refractivity contribution in [3.05, 3.63) is 34.4 Å². The highest BCUT2D eigenvalue weighted by atomic mass is 19.1. The van der Waals surface area contributed by atoms with Crippen LogP contribution in [0.2, 0.25) is 0 Å². The number of hydrogen-bond acceptors (Lipinski definition) is 0. The molecule has 0 aromatic heterocycles. The van der Waals surface area contributed by atoms with E-state index in [1.54, 1.807) is 6.07 Å². The third kappa shape index (κ3) is 7.10. The molecule has 35 heavy (non-hydrogen) atoms. The summed E-state index contributed by atoms with van der Waals surface area (Å²) in [4.78, 5) is 0. The maximum Gasteiger partial charge on any atom is 0.133 e. The minimum absolute atomic E-state index is 0.0962. The molecule has 0 nitrogen and oxygen atoms in total. The predicted octanol–water partition coefficient (Wildman–Crippen LogP) is 10.7. The number of benzene rings is 1. The Morgan fingerprint density at radius 3 is 2.14 bits per heavy atom. The molecule has 0 N–H and O–H groups in total. The lowest BCUT2D eigenvalue weighted by Gasteiger charge is -2.42. The summed E-state index contributed by atoms with van der Waals surface area (Å²) >= 11 is 0. The molecule has 2 fully saturated rings. The van der Waals surface area contributed by atoms with Crippen molar-refractivity contribution in [3.63, 3.8) is 0 Å². The van der Waals surface area contributed by atoms with E-state index in [1.807, 2.05) is 0 Å². The largest absolute Gasteiger partial charge is 0.207 e. The highest BCUT2D eigenvalue weighted by molar-refractivity contribution is 5.39. The molecule has 0 saturated heterocycles. The van der Waals surface area contributed by atoms with Gasteiger partial charge in [0.15, 0.2) is 0 Å². The number of unbranched alkanes of at least 4 members (excludes halogenated alkanes) is 7. The first-order chi connectivity index (χ1) is 17.1. The predicted molar refractivity (Wildman–Crippen MR) is 145 cm³/mol. The summed E-state index contributed by atoms with van der Waals surface area (Å²) in [6.07, 6.45) is 24.6. The summed E-state index contributed by atoms with van der Waals surface area (Å²) in [7, 11) is 0.